The molecule has 4 nitrogen and oxygen atoms in total. The van der Waals surface area contributed by atoms with Crippen molar-refractivity contribution in [2.45, 2.75) is 6.42 Å². The van der Waals surface area contributed by atoms with E-state index in [1.54, 1.807) is 22.7 Å². The highest BCUT2D eigenvalue weighted by molar-refractivity contribution is 7.08. The van der Waals surface area contributed by atoms with Crippen molar-refractivity contribution in [3.63, 3.8) is 0 Å². The van der Waals surface area contributed by atoms with Crippen molar-refractivity contribution in [3.05, 3.63) is 21.5 Å². The molecule has 19 heavy (non-hydrogen) atoms. The maximum Gasteiger partial charge on any atom is 0.172 e. The molecule has 4 rings (SSSR count). The minimum Gasteiger partial charge on any atom is -0.489 e. The normalized spacial score (nSPS) is 16.0. The summed E-state index contributed by atoms with van der Waals surface area (Å²) >= 11 is 3.22. The molecule has 102 valence electrons. The summed E-state index contributed by atoms with van der Waals surface area (Å²) < 4.78 is 21.2. The Morgan fingerprint density at radius 1 is 0.579 bits per heavy atom. The van der Waals surface area contributed by atoms with Gasteiger partial charge in [-0.25, -0.2) is 0 Å². The third-order valence-electron chi connectivity index (χ3n) is 2.59. The van der Waals surface area contributed by atoms with Gasteiger partial charge in [-0.3, -0.25) is 0 Å². The highest BCUT2D eigenvalue weighted by Gasteiger charge is 2.10. The van der Waals surface area contributed by atoms with E-state index >= 15 is 0 Å². The van der Waals surface area contributed by atoms with E-state index in [4.69, 9.17) is 18.9 Å². The molecule has 0 atom stereocenters. The van der Waals surface area contributed by atoms with Gasteiger partial charge >= 0.3 is 0 Å². The highest BCUT2D eigenvalue weighted by atomic mass is 32.1. The van der Waals surface area contributed by atoms with E-state index in [1.807, 2.05) is 21.5 Å². The second kappa shape index (κ2) is 6.16. The molecule has 2 aromatic rings. The Morgan fingerprint density at radius 3 is 1.37 bits per heavy atom. The lowest BCUT2D eigenvalue weighted by Gasteiger charge is -2.13. The summed E-state index contributed by atoms with van der Waals surface area (Å²) in [5, 5.41) is 7.85. The van der Waals surface area contributed by atoms with Crippen LogP contribution in [-0.2, 0) is 0 Å². The van der Waals surface area contributed by atoms with Crippen LogP contribution in [-0.4, -0.2) is 26.4 Å². The second-order valence-electron chi connectivity index (χ2n) is 3.95. The maximum atomic E-state index is 5.37. The summed E-state index contributed by atoms with van der Waals surface area (Å²) in [6.07, 6.45) is 0.985. The summed E-state index contributed by atoms with van der Waals surface area (Å²) in [5.74, 6) is 3.60. The van der Waals surface area contributed by atoms with Crippen LogP contribution in [0.5, 0.6) is 23.0 Å². The number of fused-ring (bicyclic) bond motifs is 2. The minimum atomic E-state index is 0.684. The van der Waals surface area contributed by atoms with Gasteiger partial charge in [0.05, 0.1) is 13.2 Å². The first-order valence-electron chi connectivity index (χ1n) is 6.07. The van der Waals surface area contributed by atoms with Crippen LogP contribution in [0.1, 0.15) is 6.42 Å². The van der Waals surface area contributed by atoms with Gasteiger partial charge in [-0.15, -0.1) is 22.7 Å². The first-order chi connectivity index (χ1) is 9.43. The lowest BCUT2D eigenvalue weighted by molar-refractivity contribution is 0.173. The molecule has 2 aliphatic rings. The zero-order valence-corrected chi connectivity index (χ0v) is 11.9. The lowest BCUT2D eigenvalue weighted by Crippen LogP contribution is -2.13. The summed E-state index contributed by atoms with van der Waals surface area (Å²) in [5.41, 5.74) is 0. The van der Waals surface area contributed by atoms with Gasteiger partial charge in [0, 0.05) is 27.9 Å². The Kier molecular flexibility index (Phi) is 4.10. The first-order valence-corrected chi connectivity index (χ1v) is 7.95. The Bertz CT molecular complexity index is 479. The van der Waals surface area contributed by atoms with Crippen molar-refractivity contribution in [2.75, 3.05) is 26.4 Å². The Hall–Kier alpha value is -1.40. The fraction of sp³-hybridized carbons (Fsp3) is 0.385. The lowest BCUT2D eigenvalue weighted by atomic mass is 10.5. The standard InChI is InChI=1S/C7H8O2S.C6H6O2S/c1-2-8-6-4-10-5-7(6)9-3-1;1-2-8-6-4-9-3-5(6)7-1/h4-5H,1-3H2;3-4H,1-2H2. The molecule has 2 aromatic heterocycles. The first kappa shape index (κ1) is 12.6. The second-order valence-corrected chi connectivity index (χ2v) is 5.44. The van der Waals surface area contributed by atoms with Crippen molar-refractivity contribution in [1.82, 2.24) is 0 Å². The number of hydrogen-bond donors (Lipinski definition) is 0. The Balaban J connectivity index is 0.000000117. The van der Waals surface area contributed by atoms with Gasteiger partial charge in [0.15, 0.2) is 23.0 Å². The van der Waals surface area contributed by atoms with Crippen molar-refractivity contribution in [3.8, 4) is 23.0 Å². The monoisotopic (exact) mass is 298 g/mol. The van der Waals surface area contributed by atoms with Gasteiger partial charge < -0.3 is 18.9 Å². The summed E-state index contributed by atoms with van der Waals surface area (Å²) in [6.45, 7) is 2.93. The highest BCUT2D eigenvalue weighted by Crippen LogP contribution is 2.33. The van der Waals surface area contributed by atoms with Crippen molar-refractivity contribution >= 4 is 22.7 Å². The topological polar surface area (TPSA) is 36.9 Å². The Morgan fingerprint density at radius 2 is 0.947 bits per heavy atom. The predicted octanol–water partition coefficient (Wildman–Crippen LogP) is 3.43. The van der Waals surface area contributed by atoms with Crippen LogP contribution in [0.15, 0.2) is 21.5 Å². The summed E-state index contributed by atoms with van der Waals surface area (Å²) in [6, 6.07) is 0. The van der Waals surface area contributed by atoms with Gasteiger partial charge in [0.2, 0.25) is 0 Å². The van der Waals surface area contributed by atoms with Crippen molar-refractivity contribution in [2.24, 2.45) is 0 Å². The molecule has 0 bridgehead atoms. The zero-order valence-electron chi connectivity index (χ0n) is 10.3. The maximum absolute atomic E-state index is 5.37. The van der Waals surface area contributed by atoms with Gasteiger partial charge in [-0.1, -0.05) is 0 Å². The number of rotatable bonds is 0. The van der Waals surface area contributed by atoms with Crippen LogP contribution in [0.3, 0.4) is 0 Å². The molecule has 6 heteroatoms. The molecule has 0 aromatic carbocycles. The third kappa shape index (κ3) is 3.13. The molecule has 0 N–H and O–H groups in total. The van der Waals surface area contributed by atoms with Crippen LogP contribution in [0.25, 0.3) is 0 Å². The van der Waals surface area contributed by atoms with Gasteiger partial charge in [-0.05, 0) is 0 Å². The summed E-state index contributed by atoms with van der Waals surface area (Å²) in [4.78, 5) is 0. The fourth-order valence-corrected chi connectivity index (χ4v) is 3.06. The Labute approximate surface area is 119 Å². The quantitative estimate of drug-likeness (QED) is 0.746. The van der Waals surface area contributed by atoms with E-state index in [2.05, 4.69) is 0 Å². The predicted molar refractivity (Wildman–Crippen MR) is 75.2 cm³/mol. The van der Waals surface area contributed by atoms with Crippen molar-refractivity contribution in [1.29, 1.82) is 0 Å². The van der Waals surface area contributed by atoms with E-state index in [1.165, 1.54) is 0 Å². The van der Waals surface area contributed by atoms with E-state index < -0.39 is 0 Å². The SMILES string of the molecule is c1scc2c1OCCCO2.c1scc2c1OCCO2. The number of hydrogen-bond acceptors (Lipinski definition) is 6. The third-order valence-corrected chi connectivity index (χ3v) is 3.99. The van der Waals surface area contributed by atoms with Crippen LogP contribution in [0.2, 0.25) is 0 Å². The number of thiophene rings is 2. The smallest absolute Gasteiger partial charge is 0.172 e. The van der Waals surface area contributed by atoms with E-state index in [9.17, 15) is 0 Å². The molecule has 0 saturated carbocycles. The zero-order chi connectivity index (χ0) is 12.9. The molecule has 0 saturated heterocycles. The van der Waals surface area contributed by atoms with E-state index in [-0.39, 0.29) is 0 Å². The van der Waals surface area contributed by atoms with E-state index in [0.717, 1.165) is 42.6 Å². The van der Waals surface area contributed by atoms with E-state index in [0.29, 0.717) is 13.2 Å². The number of ether oxygens (including phenoxy) is 4. The molecular weight excluding hydrogens is 284 g/mol. The fourth-order valence-electron chi connectivity index (χ4n) is 1.69. The van der Waals surface area contributed by atoms with Gasteiger partial charge in [0.1, 0.15) is 13.2 Å². The van der Waals surface area contributed by atoms with Gasteiger partial charge in [-0.2, -0.15) is 0 Å². The molecular formula is C13H14O4S2. The average Bonchev–Trinajstić information content (AvgIpc) is 3.04. The largest absolute Gasteiger partial charge is 0.489 e. The molecule has 0 unspecified atom stereocenters. The minimum absolute atomic E-state index is 0.684. The molecule has 2 aliphatic heterocycles. The average molecular weight is 298 g/mol. The molecule has 0 spiro atoms. The van der Waals surface area contributed by atoms with Crippen LogP contribution in [0, 0.1) is 0 Å². The van der Waals surface area contributed by atoms with Crippen LogP contribution >= 0.6 is 22.7 Å². The molecule has 0 amide bonds. The van der Waals surface area contributed by atoms with Crippen LogP contribution in [0.4, 0.5) is 0 Å². The molecule has 0 radical (unpaired) electrons. The molecule has 4 heterocycles. The molecule has 0 fully saturated rings. The van der Waals surface area contributed by atoms with Crippen LogP contribution < -0.4 is 18.9 Å². The summed E-state index contributed by atoms with van der Waals surface area (Å²) in [7, 11) is 0. The van der Waals surface area contributed by atoms with Gasteiger partial charge in [0.25, 0.3) is 0 Å². The molecule has 0 aliphatic carbocycles. The van der Waals surface area contributed by atoms with Crippen molar-refractivity contribution < 1.29 is 18.9 Å².